The van der Waals surface area contributed by atoms with Crippen LogP contribution >= 0.6 is 27.7 Å². The summed E-state index contributed by atoms with van der Waals surface area (Å²) >= 11 is 4.45. The van der Waals surface area contributed by atoms with Crippen molar-refractivity contribution in [1.29, 1.82) is 0 Å². The second-order valence-corrected chi connectivity index (χ2v) is 5.58. The monoisotopic (exact) mass is 333 g/mol. The first-order valence-corrected chi connectivity index (χ1v) is 7.02. The highest BCUT2D eigenvalue weighted by Gasteiger charge is 2.36. The van der Waals surface area contributed by atoms with Crippen molar-refractivity contribution in [3.63, 3.8) is 0 Å². The summed E-state index contributed by atoms with van der Waals surface area (Å²) in [5, 5.41) is 9.01. The fourth-order valence-corrected chi connectivity index (χ4v) is 3.35. The van der Waals surface area contributed by atoms with Crippen molar-refractivity contribution in [3.05, 3.63) is 34.1 Å². The number of hydrogen-bond acceptors (Lipinski definition) is 3. The van der Waals surface area contributed by atoms with Gasteiger partial charge in [0.25, 0.3) is 5.91 Å². The quantitative estimate of drug-likeness (QED) is 0.901. The maximum atomic E-state index is 13.7. The average Bonchev–Trinajstić information content (AvgIpc) is 2.77. The molecule has 7 heteroatoms. The smallest absolute Gasteiger partial charge is 0.327 e. The van der Waals surface area contributed by atoms with E-state index in [0.717, 1.165) is 0 Å². The van der Waals surface area contributed by atoms with Crippen LogP contribution in [0.25, 0.3) is 0 Å². The number of aliphatic carboxylic acids is 1. The Hall–Kier alpha value is -1.08. The molecule has 1 aromatic carbocycles. The van der Waals surface area contributed by atoms with Crippen LogP contribution in [0.5, 0.6) is 0 Å². The first-order chi connectivity index (χ1) is 8.52. The summed E-state index contributed by atoms with van der Waals surface area (Å²) in [4.78, 5) is 24.4. The van der Waals surface area contributed by atoms with Crippen molar-refractivity contribution in [1.82, 2.24) is 4.90 Å². The lowest BCUT2D eigenvalue weighted by molar-refractivity contribution is -0.140. The number of hydrogen-bond donors (Lipinski definition) is 1. The fourth-order valence-electron chi connectivity index (χ4n) is 1.69. The molecule has 1 fully saturated rings. The molecule has 4 nitrogen and oxygen atoms in total. The van der Waals surface area contributed by atoms with Crippen LogP contribution in [0.15, 0.2) is 22.7 Å². The zero-order valence-electron chi connectivity index (χ0n) is 9.10. The number of carboxylic acid groups (broad SMARTS) is 1. The van der Waals surface area contributed by atoms with Gasteiger partial charge in [0.2, 0.25) is 0 Å². The van der Waals surface area contributed by atoms with Crippen molar-refractivity contribution in [2.75, 3.05) is 11.6 Å². The highest BCUT2D eigenvalue weighted by Crippen LogP contribution is 2.27. The molecule has 1 unspecified atom stereocenters. The molecule has 0 bridgehead atoms. The van der Waals surface area contributed by atoms with E-state index in [-0.39, 0.29) is 11.4 Å². The minimum absolute atomic E-state index is 0.119. The van der Waals surface area contributed by atoms with Crippen LogP contribution in [-0.2, 0) is 4.79 Å². The lowest BCUT2D eigenvalue weighted by atomic mass is 10.1. The summed E-state index contributed by atoms with van der Waals surface area (Å²) in [5.41, 5.74) is -0.119. The molecule has 0 saturated carbocycles. The van der Waals surface area contributed by atoms with Gasteiger partial charge in [-0.3, -0.25) is 4.79 Å². The molecule has 96 valence electrons. The molecule has 18 heavy (non-hydrogen) atoms. The molecule has 2 rings (SSSR count). The van der Waals surface area contributed by atoms with Gasteiger partial charge in [-0.25, -0.2) is 9.18 Å². The van der Waals surface area contributed by atoms with Gasteiger partial charge in [0.1, 0.15) is 11.9 Å². The molecule has 1 atom stereocenters. The summed E-state index contributed by atoms with van der Waals surface area (Å²) in [7, 11) is 0. The van der Waals surface area contributed by atoms with Crippen LogP contribution in [0, 0.1) is 5.82 Å². The third-order valence-corrected chi connectivity index (χ3v) is 4.28. The van der Waals surface area contributed by atoms with E-state index in [2.05, 4.69) is 15.9 Å². The number of carbonyl (C=O) groups is 2. The molecule has 1 heterocycles. The van der Waals surface area contributed by atoms with Crippen LogP contribution in [0.4, 0.5) is 4.39 Å². The maximum Gasteiger partial charge on any atom is 0.327 e. The minimum atomic E-state index is -1.07. The second-order valence-electron chi connectivity index (χ2n) is 3.73. The highest BCUT2D eigenvalue weighted by molar-refractivity contribution is 9.10. The Morgan fingerprint density at radius 3 is 2.83 bits per heavy atom. The Morgan fingerprint density at radius 2 is 2.22 bits per heavy atom. The molecule has 1 aliphatic heterocycles. The fraction of sp³-hybridized carbons (Fsp3) is 0.273. The van der Waals surface area contributed by atoms with E-state index in [4.69, 9.17) is 5.11 Å². The van der Waals surface area contributed by atoms with Gasteiger partial charge in [-0.05, 0) is 28.1 Å². The second kappa shape index (κ2) is 5.27. The first-order valence-electron chi connectivity index (χ1n) is 5.08. The molecular weight excluding hydrogens is 325 g/mol. The molecule has 0 aliphatic carbocycles. The Kier molecular flexibility index (Phi) is 3.91. The molecule has 1 N–H and O–H groups in total. The van der Waals surface area contributed by atoms with Gasteiger partial charge in [-0.15, -0.1) is 11.8 Å². The van der Waals surface area contributed by atoms with Gasteiger partial charge in [-0.1, -0.05) is 6.07 Å². The van der Waals surface area contributed by atoms with Gasteiger partial charge in [0, 0.05) is 10.2 Å². The number of thioether (sulfide) groups is 1. The van der Waals surface area contributed by atoms with E-state index in [9.17, 15) is 14.0 Å². The summed E-state index contributed by atoms with van der Waals surface area (Å²) in [6, 6.07) is 3.31. The van der Waals surface area contributed by atoms with Crippen LogP contribution < -0.4 is 0 Å². The number of benzene rings is 1. The molecule has 1 aromatic rings. The molecule has 0 radical (unpaired) electrons. The average molecular weight is 334 g/mol. The Labute approximate surface area is 115 Å². The molecule has 0 aromatic heterocycles. The lowest BCUT2D eigenvalue weighted by Gasteiger charge is -2.21. The van der Waals surface area contributed by atoms with Gasteiger partial charge in [-0.2, -0.15) is 0 Å². The third-order valence-electron chi connectivity index (χ3n) is 2.60. The summed E-state index contributed by atoms with van der Waals surface area (Å²) in [6.07, 6.45) is 0. The van der Waals surface area contributed by atoms with E-state index in [0.29, 0.717) is 10.2 Å². The van der Waals surface area contributed by atoms with Crippen LogP contribution in [0.1, 0.15) is 10.4 Å². The normalized spacial score (nSPS) is 19.0. The van der Waals surface area contributed by atoms with E-state index in [1.807, 2.05) is 0 Å². The zero-order chi connectivity index (χ0) is 13.3. The molecular formula is C11H9BrFNO3S. The SMILES string of the molecule is O=C(O)C1CSCN1C(=O)c1c(F)cccc1Br. The number of nitrogens with zero attached hydrogens (tertiary/aromatic N) is 1. The first kappa shape index (κ1) is 13.4. The maximum absolute atomic E-state index is 13.7. The van der Waals surface area contributed by atoms with Crippen molar-refractivity contribution in [3.8, 4) is 0 Å². The van der Waals surface area contributed by atoms with Gasteiger partial charge >= 0.3 is 5.97 Å². The number of rotatable bonds is 2. The van der Waals surface area contributed by atoms with Gasteiger partial charge in [0.05, 0.1) is 11.4 Å². The lowest BCUT2D eigenvalue weighted by Crippen LogP contribution is -2.42. The topological polar surface area (TPSA) is 57.6 Å². The number of amides is 1. The van der Waals surface area contributed by atoms with Crippen LogP contribution in [0.3, 0.4) is 0 Å². The van der Waals surface area contributed by atoms with Gasteiger partial charge in [0.15, 0.2) is 0 Å². The summed E-state index contributed by atoms with van der Waals surface area (Å²) in [6.45, 7) is 0. The van der Waals surface area contributed by atoms with E-state index in [1.54, 1.807) is 6.07 Å². The third kappa shape index (κ3) is 2.37. The Bertz CT molecular complexity index is 491. The largest absolute Gasteiger partial charge is 0.480 e. The minimum Gasteiger partial charge on any atom is -0.480 e. The van der Waals surface area contributed by atoms with Crippen molar-refractivity contribution < 1.29 is 19.1 Å². The number of carbonyl (C=O) groups excluding carboxylic acids is 1. The van der Waals surface area contributed by atoms with E-state index >= 15 is 0 Å². The predicted octanol–water partition coefficient (Wildman–Crippen LogP) is 2.19. The summed E-state index contributed by atoms with van der Waals surface area (Å²) < 4.78 is 14.0. The predicted molar refractivity (Wildman–Crippen MR) is 69.0 cm³/mol. The number of carboxylic acids is 1. The van der Waals surface area contributed by atoms with Gasteiger partial charge < -0.3 is 10.0 Å². The number of halogens is 2. The molecule has 0 spiro atoms. The van der Waals surface area contributed by atoms with E-state index < -0.39 is 23.7 Å². The highest BCUT2D eigenvalue weighted by atomic mass is 79.9. The molecule has 1 saturated heterocycles. The van der Waals surface area contributed by atoms with Crippen molar-refractivity contribution in [2.24, 2.45) is 0 Å². The standard InChI is InChI=1S/C11H9BrFNO3S/c12-6-2-1-3-7(13)9(6)10(15)14-5-18-4-8(14)11(16)17/h1-3,8H,4-5H2,(H,16,17). The molecule has 1 amide bonds. The van der Waals surface area contributed by atoms with Crippen LogP contribution in [0.2, 0.25) is 0 Å². The Balaban J connectivity index is 2.34. The van der Waals surface area contributed by atoms with E-state index in [1.165, 1.54) is 28.8 Å². The van der Waals surface area contributed by atoms with Crippen LogP contribution in [-0.4, -0.2) is 39.6 Å². The summed E-state index contributed by atoms with van der Waals surface area (Å²) in [5.74, 6) is -1.74. The van der Waals surface area contributed by atoms with Crippen molar-refractivity contribution in [2.45, 2.75) is 6.04 Å². The zero-order valence-corrected chi connectivity index (χ0v) is 11.5. The Morgan fingerprint density at radius 1 is 1.50 bits per heavy atom. The molecule has 1 aliphatic rings. The van der Waals surface area contributed by atoms with Crippen molar-refractivity contribution >= 4 is 39.6 Å².